The van der Waals surface area contributed by atoms with E-state index in [1.54, 1.807) is 6.20 Å². The van der Waals surface area contributed by atoms with Crippen molar-refractivity contribution in [3.8, 4) is 0 Å². The molecule has 1 aliphatic carbocycles. The van der Waals surface area contributed by atoms with Gasteiger partial charge in [0.15, 0.2) is 0 Å². The van der Waals surface area contributed by atoms with E-state index in [4.69, 9.17) is 0 Å². The second-order valence-electron chi connectivity index (χ2n) is 8.54. The maximum Gasteiger partial charge on any atom is 0.223 e. The Morgan fingerprint density at radius 1 is 1.14 bits per heavy atom. The van der Waals surface area contributed by atoms with E-state index in [2.05, 4.69) is 16.4 Å². The number of unbranched alkanes of at least 4 members (excludes halogenated alkanes) is 1. The van der Waals surface area contributed by atoms with Crippen molar-refractivity contribution < 1.29 is 14.4 Å². The van der Waals surface area contributed by atoms with E-state index in [1.807, 2.05) is 33.0 Å². The summed E-state index contributed by atoms with van der Waals surface area (Å²) in [6.07, 6.45) is 10.2. The number of carbonyl (C=O) groups excluding carboxylic acids is 3. The van der Waals surface area contributed by atoms with Crippen LogP contribution in [0.2, 0.25) is 0 Å². The first-order valence-electron chi connectivity index (χ1n) is 10.6. The summed E-state index contributed by atoms with van der Waals surface area (Å²) in [5.74, 6) is -1.56. The molecule has 1 N–H and O–H groups in total. The number of pyridine rings is 1. The number of aromatic nitrogens is 1. The van der Waals surface area contributed by atoms with Gasteiger partial charge in [-0.25, -0.2) is 0 Å². The van der Waals surface area contributed by atoms with Crippen LogP contribution in [0.3, 0.4) is 0 Å². The van der Waals surface area contributed by atoms with Gasteiger partial charge < -0.3 is 5.32 Å². The number of ketones is 2. The molecule has 2 atom stereocenters. The Labute approximate surface area is 168 Å². The molecular weight excluding hydrogens is 352 g/mol. The minimum Gasteiger partial charge on any atom is -0.356 e. The summed E-state index contributed by atoms with van der Waals surface area (Å²) < 4.78 is 0. The molecule has 1 saturated carbocycles. The van der Waals surface area contributed by atoms with Crippen molar-refractivity contribution in [2.24, 2.45) is 17.3 Å². The summed E-state index contributed by atoms with van der Waals surface area (Å²) in [5.41, 5.74) is 0.547. The molecule has 2 rings (SSSR count). The summed E-state index contributed by atoms with van der Waals surface area (Å²) in [7, 11) is 0. The van der Waals surface area contributed by atoms with E-state index in [-0.39, 0.29) is 23.4 Å². The number of nitrogens with one attached hydrogen (secondary N) is 1. The van der Waals surface area contributed by atoms with Crippen LogP contribution < -0.4 is 5.32 Å². The molecule has 1 heterocycles. The summed E-state index contributed by atoms with van der Waals surface area (Å²) in [4.78, 5) is 42.2. The van der Waals surface area contributed by atoms with Crippen LogP contribution in [0, 0.1) is 17.3 Å². The van der Waals surface area contributed by atoms with Gasteiger partial charge in [0.05, 0.1) is 0 Å². The number of amides is 1. The second-order valence-corrected chi connectivity index (χ2v) is 8.54. The Morgan fingerprint density at radius 2 is 1.86 bits per heavy atom. The molecule has 0 aromatic carbocycles. The topological polar surface area (TPSA) is 76.1 Å². The number of nitrogens with zero attached hydrogens (tertiary/aromatic N) is 1. The smallest absolute Gasteiger partial charge is 0.223 e. The molecule has 28 heavy (non-hydrogen) atoms. The Kier molecular flexibility index (Phi) is 8.34. The molecule has 5 heteroatoms. The highest BCUT2D eigenvalue weighted by atomic mass is 16.2. The lowest BCUT2D eigenvalue weighted by Gasteiger charge is -2.31. The van der Waals surface area contributed by atoms with Crippen LogP contribution in [0.5, 0.6) is 0 Å². The third kappa shape index (κ3) is 5.98. The van der Waals surface area contributed by atoms with Gasteiger partial charge in [-0.3, -0.25) is 19.4 Å². The molecule has 1 aromatic rings. The van der Waals surface area contributed by atoms with Gasteiger partial charge in [-0.2, -0.15) is 0 Å². The second kappa shape index (κ2) is 10.5. The number of Topliss-reactive ketones (excluding diaryl/α,β-unsaturated/α-hetero) is 2. The van der Waals surface area contributed by atoms with Gasteiger partial charge in [0.2, 0.25) is 17.5 Å². The number of carbonyl (C=O) groups is 3. The van der Waals surface area contributed by atoms with Crippen LogP contribution in [0.1, 0.15) is 71.3 Å². The predicted octanol–water partition coefficient (Wildman–Crippen LogP) is 3.90. The van der Waals surface area contributed by atoms with Crippen molar-refractivity contribution in [3.05, 3.63) is 30.1 Å². The molecule has 1 aliphatic rings. The van der Waals surface area contributed by atoms with Crippen molar-refractivity contribution in [1.29, 1.82) is 0 Å². The Bertz CT molecular complexity index is 670. The van der Waals surface area contributed by atoms with Gasteiger partial charge in [-0.05, 0) is 50.2 Å². The fraction of sp³-hybridized carbons (Fsp3) is 0.652. The van der Waals surface area contributed by atoms with E-state index < -0.39 is 11.3 Å². The average Bonchev–Trinajstić information content (AvgIpc) is 2.73. The first-order chi connectivity index (χ1) is 13.4. The normalized spacial score (nSPS) is 19.8. The van der Waals surface area contributed by atoms with Crippen LogP contribution >= 0.6 is 0 Å². The highest BCUT2D eigenvalue weighted by Gasteiger charge is 2.41. The molecule has 0 spiro atoms. The van der Waals surface area contributed by atoms with Crippen LogP contribution in [-0.2, 0) is 20.8 Å². The van der Waals surface area contributed by atoms with Gasteiger partial charge in [0.25, 0.3) is 0 Å². The van der Waals surface area contributed by atoms with Gasteiger partial charge >= 0.3 is 0 Å². The third-order valence-electron chi connectivity index (χ3n) is 6.08. The van der Waals surface area contributed by atoms with Crippen LogP contribution in [0.25, 0.3) is 0 Å². The van der Waals surface area contributed by atoms with Crippen LogP contribution in [0.4, 0.5) is 0 Å². The Balaban J connectivity index is 1.84. The Hall–Kier alpha value is -2.04. The van der Waals surface area contributed by atoms with Crippen molar-refractivity contribution in [1.82, 2.24) is 10.3 Å². The lowest BCUT2D eigenvalue weighted by molar-refractivity contribution is -0.147. The van der Waals surface area contributed by atoms with Crippen LogP contribution in [0.15, 0.2) is 24.5 Å². The van der Waals surface area contributed by atoms with E-state index in [0.29, 0.717) is 25.8 Å². The molecule has 1 amide bonds. The third-order valence-corrected chi connectivity index (χ3v) is 6.08. The van der Waals surface area contributed by atoms with Gasteiger partial charge in [0.1, 0.15) is 0 Å². The molecule has 0 saturated heterocycles. The number of hydrogen-bond donors (Lipinski definition) is 1. The van der Waals surface area contributed by atoms with Gasteiger partial charge in [0, 0.05) is 36.2 Å². The first kappa shape index (κ1) is 22.3. The zero-order chi connectivity index (χ0) is 20.6. The summed E-state index contributed by atoms with van der Waals surface area (Å²) in [5, 5.41) is 3.00. The number of rotatable bonds is 10. The zero-order valence-corrected chi connectivity index (χ0v) is 17.5. The van der Waals surface area contributed by atoms with Crippen molar-refractivity contribution in [3.63, 3.8) is 0 Å². The van der Waals surface area contributed by atoms with E-state index in [1.165, 1.54) is 5.56 Å². The molecule has 0 radical (unpaired) electrons. The minimum absolute atomic E-state index is 0.0680. The molecule has 2 unspecified atom stereocenters. The molecule has 154 valence electrons. The predicted molar refractivity (Wildman–Crippen MR) is 110 cm³/mol. The first-order valence-corrected chi connectivity index (χ1v) is 10.6. The standard InChI is InChI=1S/C23H34N2O3/c1-4-23(2,3)21(27)20(26)18-12-5-6-13-19(18)22(28)25-15-8-7-10-17-11-9-14-24-16-17/h9,11,14,16,18-19H,4-8,10,12-13,15H2,1-3H3,(H,25,28). The highest BCUT2D eigenvalue weighted by molar-refractivity contribution is 6.40. The lowest BCUT2D eigenvalue weighted by Crippen LogP contribution is -2.44. The largest absolute Gasteiger partial charge is 0.356 e. The van der Waals surface area contributed by atoms with Crippen molar-refractivity contribution >= 4 is 17.5 Å². The van der Waals surface area contributed by atoms with E-state index in [0.717, 1.165) is 32.1 Å². The zero-order valence-electron chi connectivity index (χ0n) is 17.5. The van der Waals surface area contributed by atoms with Crippen molar-refractivity contribution in [2.45, 2.75) is 72.1 Å². The Morgan fingerprint density at radius 3 is 2.50 bits per heavy atom. The maximum atomic E-state index is 12.8. The summed E-state index contributed by atoms with van der Waals surface area (Å²) in [6, 6.07) is 3.98. The quantitative estimate of drug-likeness (QED) is 0.489. The SMILES string of the molecule is CCC(C)(C)C(=O)C(=O)C1CCCCC1C(=O)NCCCCc1cccnc1. The van der Waals surface area contributed by atoms with E-state index in [9.17, 15) is 14.4 Å². The fourth-order valence-electron chi connectivity index (χ4n) is 3.76. The van der Waals surface area contributed by atoms with Gasteiger partial charge in [-0.15, -0.1) is 0 Å². The molecule has 1 fully saturated rings. The minimum atomic E-state index is -0.651. The lowest BCUT2D eigenvalue weighted by atomic mass is 9.71. The fourth-order valence-corrected chi connectivity index (χ4v) is 3.76. The van der Waals surface area contributed by atoms with E-state index >= 15 is 0 Å². The average molecular weight is 387 g/mol. The molecular formula is C23H34N2O3. The monoisotopic (exact) mass is 386 g/mol. The van der Waals surface area contributed by atoms with Crippen LogP contribution in [-0.4, -0.2) is 29.0 Å². The molecule has 0 bridgehead atoms. The highest BCUT2D eigenvalue weighted by Crippen LogP contribution is 2.34. The molecule has 0 aliphatic heterocycles. The van der Waals surface area contributed by atoms with Gasteiger partial charge in [-0.1, -0.05) is 39.7 Å². The number of hydrogen-bond acceptors (Lipinski definition) is 4. The van der Waals surface area contributed by atoms with Crippen molar-refractivity contribution in [2.75, 3.05) is 6.54 Å². The molecule has 1 aromatic heterocycles. The summed E-state index contributed by atoms with van der Waals surface area (Å²) in [6.45, 7) is 6.15. The summed E-state index contributed by atoms with van der Waals surface area (Å²) >= 11 is 0. The maximum absolute atomic E-state index is 12.8. The number of aryl methyl sites for hydroxylation is 1. The molecule has 5 nitrogen and oxygen atoms in total.